The van der Waals surface area contributed by atoms with Crippen LogP contribution < -0.4 is 9.96 Å². The van der Waals surface area contributed by atoms with Gasteiger partial charge in [0.1, 0.15) is 11.6 Å². The Morgan fingerprint density at radius 1 is 1.20 bits per heavy atom. The third kappa shape index (κ3) is 2.88. The highest BCUT2D eigenvalue weighted by Crippen LogP contribution is 2.28. The van der Waals surface area contributed by atoms with E-state index in [1.54, 1.807) is 0 Å². The molecular weight excluding hydrogens is 267 g/mol. The van der Waals surface area contributed by atoms with Gasteiger partial charge in [0.25, 0.3) is 0 Å². The van der Waals surface area contributed by atoms with Crippen LogP contribution in [0.25, 0.3) is 0 Å². The maximum atomic E-state index is 13.4. The molecule has 0 heterocycles. The van der Waals surface area contributed by atoms with Crippen molar-refractivity contribution in [1.29, 1.82) is 0 Å². The first-order valence-electron chi connectivity index (χ1n) is 5.48. The molecule has 20 heavy (non-hydrogen) atoms. The molecule has 2 rings (SSSR count). The fourth-order valence-corrected chi connectivity index (χ4v) is 1.58. The molecule has 0 spiro atoms. The zero-order valence-electron chi connectivity index (χ0n) is 10.1. The Bertz CT molecular complexity index is 664. The molecule has 0 aromatic heterocycles. The zero-order chi connectivity index (χ0) is 14.7. The highest BCUT2D eigenvalue weighted by atomic mass is 19.1. The van der Waals surface area contributed by atoms with E-state index in [-0.39, 0.29) is 22.7 Å². The van der Waals surface area contributed by atoms with Gasteiger partial charge >= 0.3 is 5.97 Å². The summed E-state index contributed by atoms with van der Waals surface area (Å²) in [7, 11) is 5.21. The van der Waals surface area contributed by atoms with Gasteiger partial charge in [-0.1, -0.05) is 0 Å². The van der Waals surface area contributed by atoms with Crippen LogP contribution in [0.1, 0.15) is 10.4 Å². The van der Waals surface area contributed by atoms with Gasteiger partial charge < -0.3 is 15.1 Å². The van der Waals surface area contributed by atoms with Gasteiger partial charge in [-0.2, -0.15) is 0 Å². The molecule has 0 saturated heterocycles. The van der Waals surface area contributed by atoms with Gasteiger partial charge in [0, 0.05) is 17.8 Å². The maximum absolute atomic E-state index is 13.4. The number of carboxylic acid groups (broad SMARTS) is 1. The summed E-state index contributed by atoms with van der Waals surface area (Å²) in [6.45, 7) is 0. The summed E-state index contributed by atoms with van der Waals surface area (Å²) in [5, 5.41) is 11.1. The van der Waals surface area contributed by atoms with Gasteiger partial charge in [0.15, 0.2) is 11.6 Å². The molecule has 0 saturated carbocycles. The maximum Gasteiger partial charge on any atom is 0.337 e. The lowest BCUT2D eigenvalue weighted by Gasteiger charge is -2.10. The van der Waals surface area contributed by atoms with Crippen molar-refractivity contribution in [3.05, 3.63) is 53.6 Å². The molecule has 2 radical (unpaired) electrons. The molecule has 0 fully saturated rings. The topological polar surface area (TPSA) is 58.6 Å². The zero-order valence-corrected chi connectivity index (χ0v) is 10.1. The molecule has 0 atom stereocenters. The molecular formula is C13H8BF2NO3. The predicted molar refractivity (Wildman–Crippen MR) is 69.2 cm³/mol. The van der Waals surface area contributed by atoms with E-state index in [1.165, 1.54) is 18.2 Å². The SMILES string of the molecule is [B]Nc1cc(Oc2ccc(F)cc2F)ccc1C(=O)O. The average molecular weight is 275 g/mol. The third-order valence-electron chi connectivity index (χ3n) is 2.50. The number of ether oxygens (including phenoxy) is 1. The van der Waals surface area contributed by atoms with Crippen LogP contribution in [0.5, 0.6) is 11.5 Å². The smallest absolute Gasteiger partial charge is 0.337 e. The predicted octanol–water partition coefficient (Wildman–Crippen LogP) is 2.95. The van der Waals surface area contributed by atoms with Crippen molar-refractivity contribution in [3.63, 3.8) is 0 Å². The van der Waals surface area contributed by atoms with E-state index in [4.69, 9.17) is 17.8 Å². The Hall–Kier alpha value is -2.57. The normalized spacial score (nSPS) is 10.1. The second-order valence-corrected chi connectivity index (χ2v) is 3.83. The minimum atomic E-state index is -1.17. The summed E-state index contributed by atoms with van der Waals surface area (Å²) >= 11 is 0. The van der Waals surface area contributed by atoms with Gasteiger partial charge in [-0.05, 0) is 24.3 Å². The van der Waals surface area contributed by atoms with Gasteiger partial charge in [-0.3, -0.25) is 0 Å². The Balaban J connectivity index is 2.32. The molecule has 4 nitrogen and oxygen atoms in total. The summed E-state index contributed by atoms with van der Waals surface area (Å²) in [5.74, 6) is -2.78. The summed E-state index contributed by atoms with van der Waals surface area (Å²) in [5.41, 5.74) is 0.0527. The summed E-state index contributed by atoms with van der Waals surface area (Å²) < 4.78 is 31.4. The fourth-order valence-electron chi connectivity index (χ4n) is 1.58. The van der Waals surface area contributed by atoms with E-state index in [2.05, 4.69) is 5.23 Å². The quantitative estimate of drug-likeness (QED) is 0.842. The minimum absolute atomic E-state index is 0.0561. The summed E-state index contributed by atoms with van der Waals surface area (Å²) in [4.78, 5) is 10.9. The molecule has 2 N–H and O–H groups in total. The fraction of sp³-hybridized carbons (Fsp3) is 0. The molecule has 0 aliphatic carbocycles. The monoisotopic (exact) mass is 275 g/mol. The average Bonchev–Trinajstić information content (AvgIpc) is 2.41. The lowest BCUT2D eigenvalue weighted by Crippen LogP contribution is -2.03. The third-order valence-corrected chi connectivity index (χ3v) is 2.50. The second kappa shape index (κ2) is 5.60. The van der Waals surface area contributed by atoms with Crippen LogP contribution in [0.15, 0.2) is 36.4 Å². The van der Waals surface area contributed by atoms with Gasteiger partial charge in [0.2, 0.25) is 7.98 Å². The van der Waals surface area contributed by atoms with Crippen LogP contribution in [-0.2, 0) is 0 Å². The number of nitrogens with one attached hydrogen (secondary N) is 1. The van der Waals surface area contributed by atoms with E-state index >= 15 is 0 Å². The number of benzene rings is 2. The second-order valence-electron chi connectivity index (χ2n) is 3.83. The first kappa shape index (κ1) is 13.9. The van der Waals surface area contributed by atoms with Crippen molar-refractivity contribution in [2.45, 2.75) is 0 Å². The molecule has 0 aliphatic heterocycles. The van der Waals surface area contributed by atoms with E-state index < -0.39 is 17.6 Å². The van der Waals surface area contributed by atoms with Gasteiger partial charge in [-0.15, -0.1) is 0 Å². The highest BCUT2D eigenvalue weighted by Gasteiger charge is 2.11. The van der Waals surface area contributed by atoms with Crippen LogP contribution >= 0.6 is 0 Å². The molecule has 7 heteroatoms. The van der Waals surface area contributed by atoms with E-state index in [1.807, 2.05) is 0 Å². The minimum Gasteiger partial charge on any atom is -0.478 e. The molecule has 2 aromatic carbocycles. The van der Waals surface area contributed by atoms with Gasteiger partial charge in [-0.25, -0.2) is 13.6 Å². The molecule has 2 aromatic rings. The van der Waals surface area contributed by atoms with Crippen molar-refractivity contribution in [2.24, 2.45) is 0 Å². The van der Waals surface area contributed by atoms with Crippen LogP contribution in [0, 0.1) is 11.6 Å². The van der Waals surface area contributed by atoms with E-state index in [0.717, 1.165) is 12.1 Å². The first-order chi connectivity index (χ1) is 9.51. The lowest BCUT2D eigenvalue weighted by atomic mass is 10.1. The van der Waals surface area contributed by atoms with Crippen molar-refractivity contribution in [3.8, 4) is 11.5 Å². The largest absolute Gasteiger partial charge is 0.478 e. The highest BCUT2D eigenvalue weighted by molar-refractivity contribution is 6.17. The Morgan fingerprint density at radius 2 is 1.95 bits per heavy atom. The number of rotatable bonds is 4. The van der Waals surface area contributed by atoms with Crippen molar-refractivity contribution in [1.82, 2.24) is 0 Å². The number of anilines is 1. The number of carboxylic acids is 1. The van der Waals surface area contributed by atoms with Gasteiger partial charge in [0.05, 0.1) is 5.56 Å². The number of hydrogen-bond acceptors (Lipinski definition) is 3. The first-order valence-corrected chi connectivity index (χ1v) is 5.48. The Labute approximate surface area is 114 Å². The number of halogens is 2. The number of carbonyl (C=O) groups is 1. The Morgan fingerprint density at radius 3 is 2.55 bits per heavy atom. The van der Waals surface area contributed by atoms with E-state index in [0.29, 0.717) is 6.07 Å². The number of hydrogen-bond donors (Lipinski definition) is 2. The Kier molecular flexibility index (Phi) is 3.88. The summed E-state index contributed by atoms with van der Waals surface area (Å²) in [6, 6.07) is 6.76. The summed E-state index contributed by atoms with van der Waals surface area (Å²) in [6.07, 6.45) is 0. The van der Waals surface area contributed by atoms with Crippen LogP contribution in [0.3, 0.4) is 0 Å². The lowest BCUT2D eigenvalue weighted by molar-refractivity contribution is 0.0698. The molecule has 0 bridgehead atoms. The van der Waals surface area contributed by atoms with Crippen molar-refractivity contribution in [2.75, 3.05) is 5.23 Å². The van der Waals surface area contributed by atoms with E-state index in [9.17, 15) is 13.6 Å². The molecule has 0 amide bonds. The number of aromatic carboxylic acids is 1. The standard InChI is InChI=1S/C13H8BF2NO3/c14-17-11-6-8(2-3-9(11)13(18)19)20-12-4-1-7(15)5-10(12)16/h1-6,17H,(H,18,19). The van der Waals surface area contributed by atoms with Crippen LogP contribution in [0.4, 0.5) is 14.5 Å². The molecule has 0 aliphatic rings. The van der Waals surface area contributed by atoms with Crippen molar-refractivity contribution >= 4 is 19.6 Å². The molecule has 100 valence electrons. The van der Waals surface area contributed by atoms with Crippen molar-refractivity contribution < 1.29 is 23.4 Å². The molecule has 0 unspecified atom stereocenters. The van der Waals surface area contributed by atoms with Crippen LogP contribution in [-0.4, -0.2) is 19.1 Å². The van der Waals surface area contributed by atoms with Crippen LogP contribution in [0.2, 0.25) is 0 Å².